The van der Waals surface area contributed by atoms with Crippen molar-refractivity contribution in [1.29, 1.82) is 0 Å². The number of nitrogen functional groups attached to an aromatic ring is 1. The number of nitrogens with zero attached hydrogens (tertiary/aromatic N) is 3. The third-order valence-corrected chi connectivity index (χ3v) is 4.55. The van der Waals surface area contributed by atoms with Gasteiger partial charge in [-0.05, 0) is 28.1 Å². The molecule has 0 aliphatic carbocycles. The summed E-state index contributed by atoms with van der Waals surface area (Å²) in [6, 6.07) is 2.79. The van der Waals surface area contributed by atoms with Crippen LogP contribution in [0.2, 0.25) is 0 Å². The van der Waals surface area contributed by atoms with Crippen LogP contribution in [0.25, 0.3) is 0 Å². The Balaban J connectivity index is 2.49. The van der Waals surface area contributed by atoms with E-state index in [1.807, 2.05) is 0 Å². The molecule has 0 unspecified atom stereocenters. The van der Waals surface area contributed by atoms with Crippen LogP contribution >= 0.6 is 15.9 Å². The van der Waals surface area contributed by atoms with Crippen molar-refractivity contribution in [1.82, 2.24) is 14.8 Å². The van der Waals surface area contributed by atoms with E-state index >= 15 is 0 Å². The van der Waals surface area contributed by atoms with Crippen LogP contribution < -0.4 is 15.2 Å². The lowest BCUT2D eigenvalue weighted by Gasteiger charge is -2.12. The highest BCUT2D eigenvalue weighted by molar-refractivity contribution is 9.10. The second-order valence-corrected chi connectivity index (χ2v) is 6.34. The van der Waals surface area contributed by atoms with E-state index in [0.717, 1.165) is 0 Å². The van der Waals surface area contributed by atoms with E-state index in [1.54, 1.807) is 7.05 Å². The minimum Gasteiger partial charge on any atom is -0.495 e. The summed E-state index contributed by atoms with van der Waals surface area (Å²) in [6.45, 7) is 0. The number of benzene rings is 1. The molecule has 20 heavy (non-hydrogen) atoms. The van der Waals surface area contributed by atoms with Gasteiger partial charge in [-0.1, -0.05) is 0 Å². The van der Waals surface area contributed by atoms with Crippen LogP contribution in [-0.2, 0) is 17.1 Å². The maximum atomic E-state index is 12.4. The fourth-order valence-corrected chi connectivity index (χ4v) is 3.03. The quantitative estimate of drug-likeness (QED) is 0.784. The molecule has 0 radical (unpaired) electrons. The Kier molecular flexibility index (Phi) is 3.86. The summed E-state index contributed by atoms with van der Waals surface area (Å²) < 4.78 is 33.9. The summed E-state index contributed by atoms with van der Waals surface area (Å²) in [7, 11) is -0.945. The van der Waals surface area contributed by atoms with Gasteiger partial charge in [-0.3, -0.25) is 0 Å². The number of rotatable bonds is 4. The minimum atomic E-state index is -3.89. The monoisotopic (exact) mass is 361 g/mol. The molecule has 0 bridgehead atoms. The van der Waals surface area contributed by atoms with E-state index in [4.69, 9.17) is 10.5 Å². The molecule has 0 saturated heterocycles. The van der Waals surface area contributed by atoms with Gasteiger partial charge in [0.15, 0.2) is 0 Å². The number of hydrogen-bond acceptors (Lipinski definition) is 6. The highest BCUT2D eigenvalue weighted by atomic mass is 79.9. The third kappa shape index (κ3) is 2.70. The van der Waals surface area contributed by atoms with E-state index < -0.39 is 10.0 Å². The average Bonchev–Trinajstić information content (AvgIpc) is 2.77. The van der Waals surface area contributed by atoms with Crippen molar-refractivity contribution < 1.29 is 13.2 Å². The molecule has 2 rings (SSSR count). The van der Waals surface area contributed by atoms with Crippen molar-refractivity contribution in [3.05, 3.63) is 22.9 Å². The molecular formula is C10H12BrN5O3S. The van der Waals surface area contributed by atoms with Crippen LogP contribution in [-0.4, -0.2) is 30.3 Å². The minimum absolute atomic E-state index is 0.0799. The molecule has 0 atom stereocenters. The summed E-state index contributed by atoms with van der Waals surface area (Å²) in [4.78, 5) is 3.72. The third-order valence-electron chi connectivity index (χ3n) is 2.51. The molecular weight excluding hydrogens is 350 g/mol. The second-order valence-electron chi connectivity index (χ2n) is 3.84. The van der Waals surface area contributed by atoms with E-state index in [0.29, 0.717) is 4.47 Å². The molecule has 0 amide bonds. The van der Waals surface area contributed by atoms with Gasteiger partial charge < -0.3 is 10.5 Å². The first kappa shape index (κ1) is 14.6. The number of sulfonamides is 1. The zero-order valence-electron chi connectivity index (χ0n) is 10.7. The number of halogens is 1. The molecule has 2 aromatic rings. The topological polar surface area (TPSA) is 112 Å². The summed E-state index contributed by atoms with van der Waals surface area (Å²) >= 11 is 3.21. The van der Waals surface area contributed by atoms with Gasteiger partial charge in [0, 0.05) is 17.2 Å². The molecule has 10 heteroatoms. The number of aromatic nitrogens is 3. The lowest BCUT2D eigenvalue weighted by atomic mass is 10.3. The molecule has 8 nitrogen and oxygen atoms in total. The smallest absolute Gasteiger partial charge is 0.267 e. The number of nitrogens with one attached hydrogen (secondary N) is 1. The summed E-state index contributed by atoms with van der Waals surface area (Å²) in [5.41, 5.74) is 6.00. The van der Waals surface area contributed by atoms with E-state index in [2.05, 4.69) is 30.7 Å². The van der Waals surface area contributed by atoms with Gasteiger partial charge in [0.2, 0.25) is 5.95 Å². The molecule has 0 aliphatic rings. The van der Waals surface area contributed by atoms with Gasteiger partial charge in [0.1, 0.15) is 17.0 Å². The highest BCUT2D eigenvalue weighted by Crippen LogP contribution is 2.32. The summed E-state index contributed by atoms with van der Waals surface area (Å²) in [6.07, 6.45) is 1.24. The molecule has 0 spiro atoms. The maximum absolute atomic E-state index is 12.4. The molecule has 0 saturated carbocycles. The lowest BCUT2D eigenvalue weighted by molar-refractivity contribution is 0.402. The number of aryl methyl sites for hydroxylation is 1. The number of nitrogens with two attached hydrogens (primary N) is 1. The van der Waals surface area contributed by atoms with Gasteiger partial charge in [-0.15, -0.1) is 0 Å². The number of methoxy groups -OCH3 is 1. The van der Waals surface area contributed by atoms with Crippen molar-refractivity contribution in [3.8, 4) is 5.75 Å². The van der Waals surface area contributed by atoms with Crippen molar-refractivity contribution >= 4 is 37.6 Å². The van der Waals surface area contributed by atoms with E-state index in [-0.39, 0.29) is 22.3 Å². The summed E-state index contributed by atoms with van der Waals surface area (Å²) in [5.74, 6) is 0.259. The largest absolute Gasteiger partial charge is 0.495 e. The van der Waals surface area contributed by atoms with Crippen molar-refractivity contribution in [3.63, 3.8) is 0 Å². The summed E-state index contributed by atoms with van der Waals surface area (Å²) in [5, 5.41) is 3.78. The Bertz CT molecular complexity index is 743. The SMILES string of the molecule is COc1cc(Br)c(N)cc1S(=O)(=O)Nc1ncnn1C. The Labute approximate surface area is 124 Å². The number of hydrogen-bond donors (Lipinski definition) is 2. The predicted molar refractivity (Wildman–Crippen MR) is 76.9 cm³/mol. The van der Waals surface area contributed by atoms with Crippen LogP contribution in [0.15, 0.2) is 27.8 Å². The Morgan fingerprint density at radius 2 is 2.15 bits per heavy atom. The Morgan fingerprint density at radius 1 is 1.45 bits per heavy atom. The molecule has 0 aliphatic heterocycles. The fourth-order valence-electron chi connectivity index (χ4n) is 1.48. The molecule has 3 N–H and O–H groups in total. The van der Waals surface area contributed by atoms with E-state index in [9.17, 15) is 8.42 Å². The van der Waals surface area contributed by atoms with E-state index in [1.165, 1.54) is 30.3 Å². The maximum Gasteiger partial charge on any atom is 0.267 e. The van der Waals surface area contributed by atoms with Crippen LogP contribution in [0.1, 0.15) is 0 Å². The first-order valence-corrected chi connectivity index (χ1v) is 7.62. The van der Waals surface area contributed by atoms with Gasteiger partial charge in [0.25, 0.3) is 10.0 Å². The molecule has 1 heterocycles. The standard InChI is InChI=1S/C10H12BrN5O3S/c1-16-10(13-5-14-16)15-20(17,18)9-4-7(12)6(11)3-8(9)19-2/h3-5H,12H2,1-2H3,(H,13,14,15). The van der Waals surface area contributed by atoms with Gasteiger partial charge in [-0.25, -0.2) is 17.8 Å². The first-order chi connectivity index (χ1) is 9.35. The molecule has 0 fully saturated rings. The van der Waals surface area contributed by atoms with Crippen molar-refractivity contribution in [2.45, 2.75) is 4.90 Å². The first-order valence-electron chi connectivity index (χ1n) is 5.35. The van der Waals surface area contributed by atoms with Crippen molar-refractivity contribution in [2.75, 3.05) is 17.6 Å². The molecule has 108 valence electrons. The van der Waals surface area contributed by atoms with Crippen LogP contribution in [0.4, 0.5) is 11.6 Å². The van der Waals surface area contributed by atoms with Gasteiger partial charge >= 0.3 is 0 Å². The van der Waals surface area contributed by atoms with Gasteiger partial charge in [0.05, 0.1) is 7.11 Å². The number of ether oxygens (including phenoxy) is 1. The average molecular weight is 362 g/mol. The Hall–Kier alpha value is -1.81. The lowest BCUT2D eigenvalue weighted by Crippen LogP contribution is -2.17. The molecule has 1 aromatic heterocycles. The van der Waals surface area contributed by atoms with Crippen LogP contribution in [0.5, 0.6) is 5.75 Å². The predicted octanol–water partition coefficient (Wildman–Crippen LogP) is 0.969. The van der Waals surface area contributed by atoms with Crippen LogP contribution in [0, 0.1) is 0 Å². The molecule has 1 aromatic carbocycles. The second kappa shape index (κ2) is 5.29. The zero-order chi connectivity index (χ0) is 14.9. The fraction of sp³-hybridized carbons (Fsp3) is 0.200. The Morgan fingerprint density at radius 3 is 2.70 bits per heavy atom. The highest BCUT2D eigenvalue weighted by Gasteiger charge is 2.23. The number of anilines is 2. The normalized spacial score (nSPS) is 11.3. The van der Waals surface area contributed by atoms with Gasteiger partial charge in [-0.2, -0.15) is 10.1 Å². The van der Waals surface area contributed by atoms with Crippen molar-refractivity contribution in [2.24, 2.45) is 7.05 Å². The zero-order valence-corrected chi connectivity index (χ0v) is 13.1. The van der Waals surface area contributed by atoms with Crippen LogP contribution in [0.3, 0.4) is 0 Å².